The van der Waals surface area contributed by atoms with E-state index < -0.39 is 17.4 Å². The van der Waals surface area contributed by atoms with Crippen LogP contribution in [0.1, 0.15) is 73.1 Å². The highest BCUT2D eigenvalue weighted by Crippen LogP contribution is 2.31. The van der Waals surface area contributed by atoms with Crippen LogP contribution in [-0.4, -0.2) is 25.2 Å². The molecule has 148 valence electrons. The van der Waals surface area contributed by atoms with E-state index in [1.807, 2.05) is 20.8 Å². The summed E-state index contributed by atoms with van der Waals surface area (Å²) in [6.07, 6.45) is 4.02. The van der Waals surface area contributed by atoms with E-state index >= 15 is 0 Å². The van der Waals surface area contributed by atoms with Gasteiger partial charge in [0, 0.05) is 6.42 Å². The fourth-order valence-electron chi connectivity index (χ4n) is 1.64. The number of unbranched alkanes of at least 4 members (excludes halogenated alkanes) is 2. The number of rotatable bonds is 15. The fraction of sp³-hybridized carbons (Fsp3) is 0.882. The second-order valence-corrected chi connectivity index (χ2v) is 6.47. The molecule has 25 heavy (non-hydrogen) atoms. The lowest BCUT2D eigenvalue weighted by molar-refractivity contribution is -0.489. The Bertz CT molecular complexity index is 370. The second kappa shape index (κ2) is 14.0. The summed E-state index contributed by atoms with van der Waals surface area (Å²) in [5.74, 6) is -1.29. The van der Waals surface area contributed by atoms with Gasteiger partial charge < -0.3 is 0 Å². The van der Waals surface area contributed by atoms with Crippen molar-refractivity contribution in [3.05, 3.63) is 0 Å². The molecule has 0 radical (unpaired) electrons. The molecule has 0 amide bonds. The first-order chi connectivity index (χ1) is 11.9. The highest BCUT2D eigenvalue weighted by atomic mass is 17.5. The average Bonchev–Trinajstić information content (AvgIpc) is 2.58. The monoisotopic (exact) mass is 364 g/mol. The van der Waals surface area contributed by atoms with Crippen LogP contribution in [-0.2, 0) is 39.2 Å². The molecule has 0 bridgehead atoms. The second-order valence-electron chi connectivity index (χ2n) is 6.47. The van der Waals surface area contributed by atoms with E-state index in [0.717, 1.165) is 25.7 Å². The van der Waals surface area contributed by atoms with Crippen LogP contribution < -0.4 is 0 Å². The molecule has 0 aliphatic rings. The normalized spacial score (nSPS) is 12.7. The van der Waals surface area contributed by atoms with Gasteiger partial charge in [-0.1, -0.05) is 33.6 Å². The predicted octanol–water partition coefficient (Wildman–Crippen LogP) is 3.84. The van der Waals surface area contributed by atoms with Gasteiger partial charge in [-0.3, -0.25) is 9.78 Å². The Hall–Kier alpha value is -1.22. The zero-order valence-corrected chi connectivity index (χ0v) is 16.0. The van der Waals surface area contributed by atoms with Gasteiger partial charge in [0.05, 0.1) is 18.6 Å². The van der Waals surface area contributed by atoms with Crippen LogP contribution in [0.2, 0.25) is 0 Å². The van der Waals surface area contributed by atoms with Gasteiger partial charge >= 0.3 is 11.9 Å². The third kappa shape index (κ3) is 11.1. The first-order valence-electron chi connectivity index (χ1n) is 8.85. The maximum absolute atomic E-state index is 12.1. The van der Waals surface area contributed by atoms with Crippen LogP contribution >= 0.6 is 0 Å². The first-order valence-corrected chi connectivity index (χ1v) is 8.85. The van der Waals surface area contributed by atoms with Gasteiger partial charge in [-0.25, -0.2) is 9.59 Å². The molecule has 0 aliphatic heterocycles. The quantitative estimate of drug-likeness (QED) is 0.246. The van der Waals surface area contributed by atoms with Gasteiger partial charge in [0.1, 0.15) is 0 Å². The molecule has 0 aromatic heterocycles. The van der Waals surface area contributed by atoms with E-state index in [1.165, 1.54) is 0 Å². The molecule has 1 unspecified atom stereocenters. The van der Waals surface area contributed by atoms with Crippen molar-refractivity contribution in [2.75, 3.05) is 13.2 Å². The van der Waals surface area contributed by atoms with Crippen molar-refractivity contribution in [1.82, 2.24) is 0 Å². The maximum Gasteiger partial charge on any atom is 0.351 e. The lowest BCUT2D eigenvalue weighted by Crippen LogP contribution is -2.33. The highest BCUT2D eigenvalue weighted by molar-refractivity contribution is 5.75. The lowest BCUT2D eigenvalue weighted by atomic mass is 9.77. The van der Waals surface area contributed by atoms with Gasteiger partial charge in [-0.2, -0.15) is 9.78 Å². The summed E-state index contributed by atoms with van der Waals surface area (Å²) in [5.41, 5.74) is -0.854. The zero-order valence-electron chi connectivity index (χ0n) is 16.0. The molecule has 8 nitrogen and oxygen atoms in total. The number of carbonyl (C=O) groups is 2. The molecule has 0 aromatic rings. The molecule has 0 N–H and O–H groups in total. The number of hydrogen-bond acceptors (Lipinski definition) is 8. The predicted molar refractivity (Wildman–Crippen MR) is 88.3 cm³/mol. The fourth-order valence-corrected chi connectivity index (χ4v) is 1.64. The molecule has 0 aromatic carbocycles. The summed E-state index contributed by atoms with van der Waals surface area (Å²) in [6.45, 7) is 9.99. The summed E-state index contributed by atoms with van der Waals surface area (Å²) >= 11 is 0. The Labute approximate surface area is 149 Å². The van der Waals surface area contributed by atoms with Crippen LogP contribution in [0, 0.1) is 11.3 Å². The van der Waals surface area contributed by atoms with Crippen molar-refractivity contribution in [3.63, 3.8) is 0 Å². The summed E-state index contributed by atoms with van der Waals surface area (Å²) < 4.78 is 0. The van der Waals surface area contributed by atoms with Crippen molar-refractivity contribution in [1.29, 1.82) is 0 Å². The van der Waals surface area contributed by atoms with E-state index in [2.05, 4.69) is 24.7 Å². The Morgan fingerprint density at radius 2 is 1.44 bits per heavy atom. The van der Waals surface area contributed by atoms with Gasteiger partial charge in [0.15, 0.2) is 0 Å². The average molecular weight is 364 g/mol. The van der Waals surface area contributed by atoms with E-state index in [0.29, 0.717) is 19.6 Å². The Morgan fingerprint density at radius 1 is 0.920 bits per heavy atom. The highest BCUT2D eigenvalue weighted by Gasteiger charge is 2.37. The smallest absolute Gasteiger partial charge is 0.269 e. The Morgan fingerprint density at radius 3 is 1.96 bits per heavy atom. The molecule has 0 heterocycles. The van der Waals surface area contributed by atoms with Crippen molar-refractivity contribution < 1.29 is 39.2 Å². The maximum atomic E-state index is 12.1. The SMILES string of the molecule is CCCCOOOC(=O)CCC(C)C(C)(C)C(=O)OOOCCCC. The Kier molecular flexibility index (Phi) is 13.3. The minimum atomic E-state index is -0.854. The van der Waals surface area contributed by atoms with Gasteiger partial charge in [-0.05, 0) is 49.1 Å². The van der Waals surface area contributed by atoms with Crippen molar-refractivity contribution >= 4 is 11.9 Å². The lowest BCUT2D eigenvalue weighted by Gasteiger charge is -2.27. The van der Waals surface area contributed by atoms with Crippen LogP contribution in [0.25, 0.3) is 0 Å². The third-order valence-electron chi connectivity index (χ3n) is 4.03. The zero-order chi connectivity index (χ0) is 19.1. The summed E-state index contributed by atoms with van der Waals surface area (Å²) in [4.78, 5) is 42.2. The van der Waals surface area contributed by atoms with Crippen molar-refractivity contribution in [2.45, 2.75) is 73.1 Å². The van der Waals surface area contributed by atoms with E-state index in [9.17, 15) is 9.59 Å². The van der Waals surface area contributed by atoms with Crippen molar-refractivity contribution in [2.24, 2.45) is 11.3 Å². The minimum Gasteiger partial charge on any atom is -0.269 e. The minimum absolute atomic E-state index is 0.0862. The molecular formula is C17H32O8. The molecule has 0 spiro atoms. The van der Waals surface area contributed by atoms with Crippen LogP contribution in [0.5, 0.6) is 0 Å². The molecule has 0 saturated heterocycles. The summed E-state index contributed by atoms with van der Waals surface area (Å²) in [7, 11) is 0. The van der Waals surface area contributed by atoms with Gasteiger partial charge in [0.2, 0.25) is 0 Å². The number of carbonyl (C=O) groups excluding carboxylic acids is 2. The Balaban J connectivity index is 4.01. The third-order valence-corrected chi connectivity index (χ3v) is 4.03. The van der Waals surface area contributed by atoms with E-state index in [1.54, 1.807) is 13.8 Å². The molecule has 0 saturated carbocycles. The molecule has 0 fully saturated rings. The standard InChI is InChI=1S/C17H32O8/c1-6-8-12-20-24-22-15(18)11-10-14(3)17(4,5)16(19)23-25-21-13-9-7-2/h14H,6-13H2,1-5H3. The molecule has 8 heteroatoms. The molecular weight excluding hydrogens is 332 g/mol. The van der Waals surface area contributed by atoms with Gasteiger partial charge in [0.25, 0.3) is 0 Å². The summed E-state index contributed by atoms with van der Waals surface area (Å²) in [5, 5.41) is 8.84. The van der Waals surface area contributed by atoms with E-state index in [4.69, 9.17) is 4.89 Å². The van der Waals surface area contributed by atoms with Crippen LogP contribution in [0.15, 0.2) is 0 Å². The van der Waals surface area contributed by atoms with Crippen LogP contribution in [0.3, 0.4) is 0 Å². The van der Waals surface area contributed by atoms with Gasteiger partial charge in [-0.15, -0.1) is 0 Å². The molecule has 0 aliphatic carbocycles. The largest absolute Gasteiger partial charge is 0.351 e. The topological polar surface area (TPSA) is 89.5 Å². The molecule has 0 rings (SSSR count). The van der Waals surface area contributed by atoms with Crippen LogP contribution in [0.4, 0.5) is 0 Å². The van der Waals surface area contributed by atoms with Crippen molar-refractivity contribution in [3.8, 4) is 0 Å². The first kappa shape index (κ1) is 23.8. The molecule has 1 atom stereocenters. The summed E-state index contributed by atoms with van der Waals surface area (Å²) in [6, 6.07) is 0. The van der Waals surface area contributed by atoms with E-state index in [-0.39, 0.29) is 12.3 Å². The number of hydrogen-bond donors (Lipinski definition) is 0.